The van der Waals surface area contributed by atoms with E-state index < -0.39 is 24.0 Å². The molecule has 11 nitrogen and oxygen atoms in total. The number of anilines is 1. The zero-order valence-electron chi connectivity index (χ0n) is 18.6. The number of imidazole rings is 1. The molecule has 0 bridgehead atoms. The second-order valence-electron chi connectivity index (χ2n) is 7.36. The molecule has 174 valence electrons. The first-order valence-corrected chi connectivity index (χ1v) is 10.4. The number of hydrogen-bond acceptors (Lipinski definition) is 7. The van der Waals surface area contributed by atoms with Crippen LogP contribution in [0.2, 0.25) is 0 Å². The van der Waals surface area contributed by atoms with Crippen LogP contribution in [-0.4, -0.2) is 61.6 Å². The van der Waals surface area contributed by atoms with E-state index in [0.717, 1.165) is 15.7 Å². The van der Waals surface area contributed by atoms with Crippen molar-refractivity contribution in [2.24, 2.45) is 7.05 Å². The summed E-state index contributed by atoms with van der Waals surface area (Å²) in [5, 5.41) is 19.2. The number of aliphatic hydroxyl groups excluding tert-OH is 1. The third kappa shape index (κ3) is 6.04. The Morgan fingerprint density at radius 1 is 1.21 bits per heavy atom. The summed E-state index contributed by atoms with van der Waals surface area (Å²) in [5.74, 6) is -0.805. The largest absolute Gasteiger partial charge is 0.449 e. The predicted molar refractivity (Wildman–Crippen MR) is 120 cm³/mol. The van der Waals surface area contributed by atoms with Gasteiger partial charge in [0.15, 0.2) is 5.82 Å². The van der Waals surface area contributed by atoms with E-state index in [-0.39, 0.29) is 19.0 Å². The highest BCUT2D eigenvalue weighted by atomic mass is 16.5. The van der Waals surface area contributed by atoms with Crippen LogP contribution in [0.1, 0.15) is 29.5 Å². The Labute approximate surface area is 190 Å². The first kappa shape index (κ1) is 23.7. The number of nitrogens with zero attached hydrogens (tertiary/aromatic N) is 4. The van der Waals surface area contributed by atoms with Crippen LogP contribution < -0.4 is 10.6 Å². The minimum Gasteiger partial charge on any atom is -0.449 e. The molecule has 2 aromatic heterocycles. The van der Waals surface area contributed by atoms with Crippen molar-refractivity contribution in [3.8, 4) is 11.1 Å². The molecular weight excluding hydrogens is 428 g/mol. The zero-order valence-corrected chi connectivity index (χ0v) is 18.6. The molecule has 2 amide bonds. The van der Waals surface area contributed by atoms with Crippen molar-refractivity contribution < 1.29 is 24.2 Å². The lowest BCUT2D eigenvalue weighted by Crippen LogP contribution is -2.39. The number of ether oxygens (including phenoxy) is 1. The van der Waals surface area contributed by atoms with E-state index in [0.29, 0.717) is 17.8 Å². The minimum absolute atomic E-state index is 0.0838. The highest BCUT2D eigenvalue weighted by Crippen LogP contribution is 2.19. The van der Waals surface area contributed by atoms with Crippen molar-refractivity contribution in [3.63, 3.8) is 0 Å². The van der Waals surface area contributed by atoms with Gasteiger partial charge in [-0.1, -0.05) is 19.1 Å². The van der Waals surface area contributed by atoms with Gasteiger partial charge in [0.25, 0.3) is 11.8 Å². The Hall–Kier alpha value is -3.99. The molecule has 3 aromatic rings. The average Bonchev–Trinajstić information content (AvgIpc) is 3.40. The quantitative estimate of drug-likeness (QED) is 0.471. The van der Waals surface area contributed by atoms with E-state index in [4.69, 9.17) is 4.74 Å². The maximum absolute atomic E-state index is 12.5. The summed E-state index contributed by atoms with van der Waals surface area (Å²) in [5.41, 5.74) is 2.06. The number of hydrogen-bond donors (Lipinski definition) is 3. The number of nitrogens with one attached hydrogen (secondary N) is 2. The fraction of sp³-hybridized carbons (Fsp3) is 0.318. The molecule has 3 rings (SSSR count). The van der Waals surface area contributed by atoms with Gasteiger partial charge in [0, 0.05) is 24.4 Å². The third-order valence-corrected chi connectivity index (χ3v) is 4.68. The summed E-state index contributed by atoms with van der Waals surface area (Å²) in [6, 6.07) is 6.93. The number of amides is 2. The van der Waals surface area contributed by atoms with Crippen LogP contribution in [0, 0.1) is 6.92 Å². The zero-order chi connectivity index (χ0) is 24.0. The molecule has 33 heavy (non-hydrogen) atoms. The smallest absolute Gasteiger partial charge is 0.419 e. The molecule has 1 aromatic carbocycles. The molecule has 0 aliphatic heterocycles. The standard InChI is InChI=1S/C22H26N6O5/c1-4-8-33-22(32)28-13-19(25-14(28)2)26-21(31)18(29)11-23-20(30)16-7-5-6-15(9-16)17-10-24-27(3)12-17/h5-7,9-10,12-13,18,29H,4,8,11H2,1-3H3,(H,23,30)(H,26,31)/t18-/m1/s1. The Balaban J connectivity index is 1.55. The van der Waals surface area contributed by atoms with Crippen LogP contribution in [0.4, 0.5) is 10.6 Å². The Morgan fingerprint density at radius 3 is 2.70 bits per heavy atom. The normalized spacial score (nSPS) is 11.6. The van der Waals surface area contributed by atoms with Gasteiger partial charge < -0.3 is 20.5 Å². The SMILES string of the molecule is CCCOC(=O)n1cc(NC(=O)[C@H](O)CNC(=O)c2cccc(-c3cnn(C)c3)c2)nc1C. The van der Waals surface area contributed by atoms with Gasteiger partial charge in [-0.25, -0.2) is 14.3 Å². The van der Waals surface area contributed by atoms with E-state index in [1.807, 2.05) is 19.2 Å². The number of aryl methyl sites for hydroxylation is 2. The summed E-state index contributed by atoms with van der Waals surface area (Å²) in [6.07, 6.45) is 3.38. The van der Waals surface area contributed by atoms with Crippen LogP contribution in [0.3, 0.4) is 0 Å². The summed E-state index contributed by atoms with van der Waals surface area (Å²) in [7, 11) is 1.80. The van der Waals surface area contributed by atoms with Gasteiger partial charge in [0.05, 0.1) is 25.5 Å². The van der Waals surface area contributed by atoms with Crippen LogP contribution in [0.5, 0.6) is 0 Å². The number of carbonyl (C=O) groups excluding carboxylic acids is 3. The molecule has 3 N–H and O–H groups in total. The number of benzene rings is 1. The summed E-state index contributed by atoms with van der Waals surface area (Å²) < 4.78 is 7.86. The molecule has 0 aliphatic carbocycles. The van der Waals surface area contributed by atoms with Crippen LogP contribution in [0.25, 0.3) is 11.1 Å². The van der Waals surface area contributed by atoms with Crippen molar-refractivity contribution in [1.82, 2.24) is 24.6 Å². The van der Waals surface area contributed by atoms with Gasteiger partial charge >= 0.3 is 6.09 Å². The fourth-order valence-corrected chi connectivity index (χ4v) is 2.98. The first-order valence-electron chi connectivity index (χ1n) is 10.4. The van der Waals surface area contributed by atoms with Gasteiger partial charge in [0.1, 0.15) is 11.9 Å². The Kier molecular flexibility index (Phi) is 7.57. The minimum atomic E-state index is -1.52. The Morgan fingerprint density at radius 2 is 2.00 bits per heavy atom. The molecule has 0 unspecified atom stereocenters. The molecule has 11 heteroatoms. The molecule has 1 atom stereocenters. The van der Waals surface area contributed by atoms with E-state index in [9.17, 15) is 19.5 Å². The van der Waals surface area contributed by atoms with Crippen molar-refractivity contribution in [1.29, 1.82) is 0 Å². The maximum Gasteiger partial charge on any atom is 0.419 e. The third-order valence-electron chi connectivity index (χ3n) is 4.68. The number of rotatable bonds is 8. The van der Waals surface area contributed by atoms with E-state index in [1.165, 1.54) is 6.20 Å². The lowest BCUT2D eigenvalue weighted by Gasteiger charge is -2.11. The highest BCUT2D eigenvalue weighted by molar-refractivity contribution is 5.97. The fourth-order valence-electron chi connectivity index (χ4n) is 2.98. The van der Waals surface area contributed by atoms with Gasteiger partial charge in [-0.3, -0.25) is 14.3 Å². The second kappa shape index (κ2) is 10.6. The van der Waals surface area contributed by atoms with E-state index in [2.05, 4.69) is 20.7 Å². The van der Waals surface area contributed by atoms with Crippen molar-refractivity contribution in [3.05, 3.63) is 54.2 Å². The summed E-state index contributed by atoms with van der Waals surface area (Å²) in [4.78, 5) is 40.8. The van der Waals surface area contributed by atoms with Gasteiger partial charge in [-0.05, 0) is 31.0 Å². The number of aromatic nitrogens is 4. The van der Waals surface area contributed by atoms with Crippen LogP contribution in [0.15, 0.2) is 42.9 Å². The van der Waals surface area contributed by atoms with Gasteiger partial charge in [0.2, 0.25) is 0 Å². The van der Waals surface area contributed by atoms with Gasteiger partial charge in [-0.15, -0.1) is 0 Å². The van der Waals surface area contributed by atoms with E-state index >= 15 is 0 Å². The molecule has 0 aliphatic rings. The second-order valence-corrected chi connectivity index (χ2v) is 7.36. The predicted octanol–water partition coefficient (Wildman–Crippen LogP) is 1.72. The molecule has 0 radical (unpaired) electrons. The molecule has 0 saturated heterocycles. The first-order chi connectivity index (χ1) is 15.8. The molecule has 0 spiro atoms. The van der Waals surface area contributed by atoms with Crippen molar-refractivity contribution in [2.75, 3.05) is 18.5 Å². The maximum atomic E-state index is 12.5. The van der Waals surface area contributed by atoms with Crippen LogP contribution in [-0.2, 0) is 16.6 Å². The van der Waals surface area contributed by atoms with Crippen LogP contribution >= 0.6 is 0 Å². The topological polar surface area (TPSA) is 140 Å². The summed E-state index contributed by atoms with van der Waals surface area (Å²) in [6.45, 7) is 3.41. The van der Waals surface area contributed by atoms with Crippen molar-refractivity contribution in [2.45, 2.75) is 26.4 Å². The molecule has 0 saturated carbocycles. The lowest BCUT2D eigenvalue weighted by molar-refractivity contribution is -0.123. The monoisotopic (exact) mass is 454 g/mol. The molecule has 2 heterocycles. The average molecular weight is 454 g/mol. The highest BCUT2D eigenvalue weighted by Gasteiger charge is 2.20. The van der Waals surface area contributed by atoms with E-state index in [1.54, 1.807) is 43.0 Å². The lowest BCUT2D eigenvalue weighted by atomic mass is 10.1. The van der Waals surface area contributed by atoms with Crippen molar-refractivity contribution >= 4 is 23.7 Å². The van der Waals surface area contributed by atoms with Gasteiger partial charge in [-0.2, -0.15) is 5.10 Å². The summed E-state index contributed by atoms with van der Waals surface area (Å²) >= 11 is 0. The Bertz CT molecular complexity index is 1150. The number of aliphatic hydroxyl groups is 1. The molecule has 0 fully saturated rings. The molecular formula is C22H26N6O5. The number of carbonyl (C=O) groups is 3.